The first-order valence-corrected chi connectivity index (χ1v) is 7.77. The fraction of sp³-hybridized carbons (Fsp3) is 0. The fourth-order valence-electron chi connectivity index (χ4n) is 1.64. The van der Waals surface area contributed by atoms with Gasteiger partial charge in [0.25, 0.3) is 10.0 Å². The summed E-state index contributed by atoms with van der Waals surface area (Å²) in [5, 5.41) is 0. The van der Waals surface area contributed by atoms with E-state index < -0.39 is 10.0 Å². The van der Waals surface area contributed by atoms with E-state index in [-0.39, 0.29) is 4.90 Å². The van der Waals surface area contributed by atoms with E-state index in [9.17, 15) is 8.42 Å². The summed E-state index contributed by atoms with van der Waals surface area (Å²) in [6, 6.07) is 8.18. The predicted molar refractivity (Wildman–Crippen MR) is 74.7 cm³/mol. The fourth-order valence-corrected chi connectivity index (χ4v) is 3.50. The molecule has 5 nitrogen and oxygen atoms in total. The van der Waals surface area contributed by atoms with Crippen molar-refractivity contribution in [2.24, 2.45) is 0 Å². The Hall–Kier alpha value is -1.99. The number of fused-ring (bicyclic) bond motifs is 1. The summed E-state index contributed by atoms with van der Waals surface area (Å²) in [7, 11) is -3.59. The number of sulfonamides is 1. The van der Waals surface area contributed by atoms with Crippen molar-refractivity contribution >= 4 is 37.3 Å². The Kier molecular flexibility index (Phi) is 2.92. The maximum absolute atomic E-state index is 12.2. The minimum Gasteiger partial charge on any atom is -0.278 e. The van der Waals surface area contributed by atoms with Crippen LogP contribution in [-0.4, -0.2) is 18.4 Å². The summed E-state index contributed by atoms with van der Waals surface area (Å²) in [6.45, 7) is 0. The van der Waals surface area contributed by atoms with Crippen LogP contribution < -0.4 is 4.72 Å². The van der Waals surface area contributed by atoms with Gasteiger partial charge in [0, 0.05) is 6.20 Å². The van der Waals surface area contributed by atoms with E-state index in [2.05, 4.69) is 14.7 Å². The average Bonchev–Trinajstić information content (AvgIpc) is 2.86. The molecule has 1 N–H and O–H groups in total. The van der Waals surface area contributed by atoms with Crippen LogP contribution in [0.25, 0.3) is 10.2 Å². The van der Waals surface area contributed by atoms with Gasteiger partial charge in [0.2, 0.25) is 0 Å². The Balaban J connectivity index is 1.99. The predicted octanol–water partition coefficient (Wildman–Crippen LogP) is 2.49. The van der Waals surface area contributed by atoms with Crippen molar-refractivity contribution in [2.75, 3.05) is 4.72 Å². The first-order chi connectivity index (χ1) is 9.15. The monoisotopic (exact) mass is 291 g/mol. The van der Waals surface area contributed by atoms with Crippen LogP contribution in [0.5, 0.6) is 0 Å². The number of hydrogen-bond acceptors (Lipinski definition) is 5. The van der Waals surface area contributed by atoms with E-state index in [0.29, 0.717) is 5.69 Å². The molecule has 0 aliphatic heterocycles. The zero-order chi connectivity index (χ0) is 13.3. The van der Waals surface area contributed by atoms with Gasteiger partial charge < -0.3 is 0 Å². The molecule has 7 heteroatoms. The summed E-state index contributed by atoms with van der Waals surface area (Å²) in [6.07, 6.45) is 3.05. The first kappa shape index (κ1) is 12.1. The van der Waals surface area contributed by atoms with Crippen LogP contribution in [0.1, 0.15) is 0 Å². The second-order valence-corrected chi connectivity index (χ2v) is 6.40. The number of hydrogen-bond donors (Lipinski definition) is 1. The number of nitrogens with zero attached hydrogens (tertiary/aromatic N) is 2. The molecule has 2 heterocycles. The number of thiazole rings is 1. The van der Waals surface area contributed by atoms with Gasteiger partial charge in [0.15, 0.2) is 0 Å². The summed E-state index contributed by atoms with van der Waals surface area (Å²) in [5.74, 6) is 0. The quantitative estimate of drug-likeness (QED) is 0.804. The van der Waals surface area contributed by atoms with Gasteiger partial charge in [-0.1, -0.05) is 0 Å². The molecular formula is C12H9N3O2S2. The lowest BCUT2D eigenvalue weighted by Gasteiger charge is -2.07. The highest BCUT2D eigenvalue weighted by atomic mass is 32.2. The number of anilines is 1. The maximum atomic E-state index is 12.2. The molecule has 0 spiro atoms. The van der Waals surface area contributed by atoms with Crippen LogP contribution in [0, 0.1) is 0 Å². The van der Waals surface area contributed by atoms with Crippen LogP contribution in [0.4, 0.5) is 5.69 Å². The number of benzene rings is 1. The number of aromatic nitrogens is 2. The number of rotatable bonds is 3. The lowest BCUT2D eigenvalue weighted by molar-refractivity contribution is 0.601. The van der Waals surface area contributed by atoms with Crippen LogP contribution in [0.2, 0.25) is 0 Å². The minimum absolute atomic E-state index is 0.216. The van der Waals surface area contributed by atoms with E-state index in [1.807, 2.05) is 0 Å². The third kappa shape index (κ3) is 2.42. The molecule has 0 unspecified atom stereocenters. The highest BCUT2D eigenvalue weighted by molar-refractivity contribution is 7.92. The molecule has 0 saturated heterocycles. The topological polar surface area (TPSA) is 72.0 Å². The summed E-state index contributed by atoms with van der Waals surface area (Å²) < 4.78 is 27.8. The molecule has 96 valence electrons. The molecule has 1 aromatic carbocycles. The molecule has 0 radical (unpaired) electrons. The Bertz CT molecular complexity index is 813. The van der Waals surface area contributed by atoms with Gasteiger partial charge in [0.05, 0.1) is 32.5 Å². The number of nitrogens with one attached hydrogen (secondary N) is 1. The highest BCUT2D eigenvalue weighted by Gasteiger charge is 2.15. The van der Waals surface area contributed by atoms with Gasteiger partial charge >= 0.3 is 0 Å². The first-order valence-electron chi connectivity index (χ1n) is 5.41. The van der Waals surface area contributed by atoms with Crippen molar-refractivity contribution in [1.29, 1.82) is 0 Å². The second-order valence-electron chi connectivity index (χ2n) is 3.83. The van der Waals surface area contributed by atoms with E-state index in [1.165, 1.54) is 17.5 Å². The number of pyridine rings is 1. The van der Waals surface area contributed by atoms with Gasteiger partial charge in [-0.25, -0.2) is 13.4 Å². The summed E-state index contributed by atoms with van der Waals surface area (Å²) in [5.41, 5.74) is 2.92. The molecular weight excluding hydrogens is 282 g/mol. The lowest BCUT2D eigenvalue weighted by Crippen LogP contribution is -2.12. The van der Waals surface area contributed by atoms with Crippen molar-refractivity contribution in [3.63, 3.8) is 0 Å². The molecule has 2 aromatic heterocycles. The van der Waals surface area contributed by atoms with Gasteiger partial charge in [0.1, 0.15) is 0 Å². The minimum atomic E-state index is -3.59. The van der Waals surface area contributed by atoms with Crippen molar-refractivity contribution in [3.8, 4) is 0 Å². The maximum Gasteiger partial charge on any atom is 0.261 e. The molecule has 0 aliphatic carbocycles. The van der Waals surface area contributed by atoms with Crippen molar-refractivity contribution in [2.45, 2.75) is 4.90 Å². The van der Waals surface area contributed by atoms with E-state index >= 15 is 0 Å². The Labute approximate surface area is 114 Å². The highest BCUT2D eigenvalue weighted by Crippen LogP contribution is 2.23. The Morgan fingerprint density at radius 1 is 1.21 bits per heavy atom. The molecule has 19 heavy (non-hydrogen) atoms. The van der Waals surface area contributed by atoms with Crippen molar-refractivity contribution < 1.29 is 8.42 Å². The van der Waals surface area contributed by atoms with Gasteiger partial charge in [-0.2, -0.15) is 0 Å². The van der Waals surface area contributed by atoms with Crippen LogP contribution >= 0.6 is 11.3 Å². The third-order valence-electron chi connectivity index (χ3n) is 2.53. The van der Waals surface area contributed by atoms with Gasteiger partial charge in [-0.3, -0.25) is 9.71 Å². The largest absolute Gasteiger partial charge is 0.278 e. The molecule has 0 saturated carbocycles. The molecule has 3 aromatic rings. The van der Waals surface area contributed by atoms with Crippen LogP contribution in [-0.2, 0) is 10.0 Å². The molecule has 0 aliphatic rings. The van der Waals surface area contributed by atoms with Crippen molar-refractivity contribution in [1.82, 2.24) is 9.97 Å². The summed E-state index contributed by atoms with van der Waals surface area (Å²) in [4.78, 5) is 8.20. The molecule has 0 amide bonds. The molecule has 3 rings (SSSR count). The normalized spacial score (nSPS) is 11.6. The zero-order valence-electron chi connectivity index (χ0n) is 9.65. The van der Waals surface area contributed by atoms with E-state index in [4.69, 9.17) is 0 Å². The molecule has 0 bridgehead atoms. The molecule has 0 atom stereocenters. The van der Waals surface area contributed by atoms with Crippen LogP contribution in [0.3, 0.4) is 0 Å². The second kappa shape index (κ2) is 4.60. The average molecular weight is 291 g/mol. The van der Waals surface area contributed by atoms with Gasteiger partial charge in [-0.05, 0) is 30.3 Å². The third-order valence-corrected chi connectivity index (χ3v) is 4.70. The smallest absolute Gasteiger partial charge is 0.261 e. The van der Waals surface area contributed by atoms with E-state index in [1.54, 1.807) is 42.0 Å². The van der Waals surface area contributed by atoms with Crippen molar-refractivity contribution in [3.05, 3.63) is 48.2 Å². The van der Waals surface area contributed by atoms with Gasteiger partial charge in [-0.15, -0.1) is 11.3 Å². The lowest BCUT2D eigenvalue weighted by atomic mass is 10.3. The zero-order valence-corrected chi connectivity index (χ0v) is 11.3. The molecule has 0 fully saturated rings. The van der Waals surface area contributed by atoms with E-state index in [0.717, 1.165) is 10.2 Å². The Morgan fingerprint density at radius 2 is 2.11 bits per heavy atom. The SMILES string of the molecule is O=S(=O)(Nc1cccnc1)c1ccc2ncsc2c1. The Morgan fingerprint density at radius 3 is 2.89 bits per heavy atom. The van der Waals surface area contributed by atoms with Crippen LogP contribution in [0.15, 0.2) is 53.1 Å². The standard InChI is InChI=1S/C12H9N3O2S2/c16-19(17,15-9-2-1-5-13-7-9)10-3-4-11-12(6-10)18-8-14-11/h1-8,15H. The summed E-state index contributed by atoms with van der Waals surface area (Å²) >= 11 is 1.41.